The molecule has 2 amide bonds. The van der Waals surface area contributed by atoms with Gasteiger partial charge in [-0.3, -0.25) is 10.7 Å². The molecule has 5 nitrogen and oxygen atoms in total. The number of carbonyl (C=O) groups excluding carboxylic acids is 1. The zero-order chi connectivity index (χ0) is 13.1. The van der Waals surface area contributed by atoms with E-state index in [0.29, 0.717) is 12.1 Å². The minimum atomic E-state index is -0.397. The van der Waals surface area contributed by atoms with Gasteiger partial charge in [0.05, 0.1) is 11.6 Å². The Labute approximate surface area is 106 Å². The van der Waals surface area contributed by atoms with E-state index >= 15 is 0 Å². The molecule has 1 fully saturated rings. The maximum atomic E-state index is 11.7. The highest BCUT2D eigenvalue weighted by atomic mass is 16.2. The lowest BCUT2D eigenvalue weighted by Gasteiger charge is -2.22. The van der Waals surface area contributed by atoms with E-state index in [0.717, 1.165) is 12.0 Å². The Balaban J connectivity index is 2.37. The van der Waals surface area contributed by atoms with E-state index in [4.69, 9.17) is 10.7 Å². The van der Waals surface area contributed by atoms with Crippen LogP contribution >= 0.6 is 0 Å². The molecule has 1 saturated heterocycles. The molecule has 0 radical (unpaired) electrons. The molecule has 2 N–H and O–H groups in total. The molecule has 0 bridgehead atoms. The minimum Gasteiger partial charge on any atom is -0.310 e. The van der Waals surface area contributed by atoms with Crippen molar-refractivity contribution in [2.24, 2.45) is 0 Å². The molecule has 1 aromatic carbocycles. The lowest BCUT2D eigenvalue weighted by atomic mass is 10.0. The van der Waals surface area contributed by atoms with E-state index in [1.807, 2.05) is 13.0 Å². The predicted molar refractivity (Wildman–Crippen MR) is 67.2 cm³/mol. The minimum absolute atomic E-state index is 0.170. The standard InChI is InChI=1S/C13H14N4O/c1-2-6-17-11(12(15)16-13(17)18)10-5-3-4-9(7-10)8-14/h3-5,7,11H,2,6H2,1H3,(H2,15,16,18). The SMILES string of the molecule is CCCN1C(=O)NC(=N)C1c1cccc(C#N)c1. The number of hydrogen-bond donors (Lipinski definition) is 2. The highest BCUT2D eigenvalue weighted by Crippen LogP contribution is 2.26. The van der Waals surface area contributed by atoms with E-state index in [9.17, 15) is 4.79 Å². The normalized spacial score (nSPS) is 18.7. The molecule has 2 rings (SSSR count). The van der Waals surface area contributed by atoms with Gasteiger partial charge < -0.3 is 4.90 Å². The number of hydrogen-bond acceptors (Lipinski definition) is 3. The number of nitriles is 1. The van der Waals surface area contributed by atoms with Gasteiger partial charge in [0.2, 0.25) is 0 Å². The van der Waals surface area contributed by atoms with E-state index < -0.39 is 6.04 Å². The van der Waals surface area contributed by atoms with Gasteiger partial charge >= 0.3 is 6.03 Å². The summed E-state index contributed by atoms with van der Waals surface area (Å²) >= 11 is 0. The fourth-order valence-corrected chi connectivity index (χ4v) is 2.12. The van der Waals surface area contributed by atoms with Gasteiger partial charge in [-0.1, -0.05) is 19.1 Å². The van der Waals surface area contributed by atoms with Crippen LogP contribution < -0.4 is 5.32 Å². The second-order valence-electron chi connectivity index (χ2n) is 4.18. The largest absolute Gasteiger partial charge is 0.323 e. The van der Waals surface area contributed by atoms with E-state index in [1.165, 1.54) is 0 Å². The smallest absolute Gasteiger partial charge is 0.310 e. The van der Waals surface area contributed by atoms with Gasteiger partial charge in [0, 0.05) is 6.54 Å². The summed E-state index contributed by atoms with van der Waals surface area (Å²) in [6, 6.07) is 8.47. The van der Waals surface area contributed by atoms with E-state index in [1.54, 1.807) is 23.1 Å². The van der Waals surface area contributed by atoms with Gasteiger partial charge in [-0.25, -0.2) is 4.79 Å². The quantitative estimate of drug-likeness (QED) is 0.850. The number of amides is 2. The van der Waals surface area contributed by atoms with Crippen LogP contribution in [0.5, 0.6) is 0 Å². The van der Waals surface area contributed by atoms with Crippen LogP contribution in [0.3, 0.4) is 0 Å². The summed E-state index contributed by atoms with van der Waals surface area (Å²) in [5, 5.41) is 19.3. The molecule has 1 aliphatic heterocycles. The summed E-state index contributed by atoms with van der Waals surface area (Å²) in [6.07, 6.45) is 0.829. The Morgan fingerprint density at radius 3 is 3.00 bits per heavy atom. The molecule has 0 aliphatic carbocycles. The molecule has 1 atom stereocenters. The first kappa shape index (κ1) is 12.1. The van der Waals surface area contributed by atoms with Gasteiger partial charge in [-0.2, -0.15) is 5.26 Å². The maximum absolute atomic E-state index is 11.7. The van der Waals surface area contributed by atoms with Crippen molar-refractivity contribution in [1.29, 1.82) is 10.7 Å². The lowest BCUT2D eigenvalue weighted by Crippen LogP contribution is -2.30. The van der Waals surface area contributed by atoms with E-state index in [-0.39, 0.29) is 11.9 Å². The Morgan fingerprint density at radius 1 is 1.56 bits per heavy atom. The van der Waals surface area contributed by atoms with Crippen molar-refractivity contribution in [3.63, 3.8) is 0 Å². The average Bonchev–Trinajstić information content (AvgIpc) is 2.65. The Morgan fingerprint density at radius 2 is 2.33 bits per heavy atom. The lowest BCUT2D eigenvalue weighted by molar-refractivity contribution is 0.206. The average molecular weight is 242 g/mol. The van der Waals surface area contributed by atoms with Crippen LogP contribution in [-0.2, 0) is 0 Å². The molecule has 1 aromatic rings. The van der Waals surface area contributed by atoms with Crippen LogP contribution in [0.25, 0.3) is 0 Å². The topological polar surface area (TPSA) is 80.0 Å². The van der Waals surface area contributed by atoms with Crippen molar-refractivity contribution >= 4 is 11.9 Å². The zero-order valence-electron chi connectivity index (χ0n) is 10.1. The van der Waals surface area contributed by atoms with Crippen molar-refractivity contribution < 1.29 is 4.79 Å². The van der Waals surface area contributed by atoms with Gasteiger partial charge in [-0.05, 0) is 24.1 Å². The van der Waals surface area contributed by atoms with Crippen molar-refractivity contribution in [2.45, 2.75) is 19.4 Å². The summed E-state index contributed by atoms with van der Waals surface area (Å²) < 4.78 is 0. The van der Waals surface area contributed by atoms with Crippen molar-refractivity contribution in [3.8, 4) is 6.07 Å². The zero-order valence-corrected chi connectivity index (χ0v) is 10.1. The van der Waals surface area contributed by atoms with Gasteiger partial charge in [0.15, 0.2) is 0 Å². The summed E-state index contributed by atoms with van der Waals surface area (Å²) in [5.74, 6) is 0.170. The Kier molecular flexibility index (Phi) is 3.28. The first-order valence-corrected chi connectivity index (χ1v) is 5.83. The molecule has 18 heavy (non-hydrogen) atoms. The molecule has 0 saturated carbocycles. The van der Waals surface area contributed by atoms with Crippen LogP contribution in [0.1, 0.15) is 30.5 Å². The molecule has 1 aliphatic rings. The van der Waals surface area contributed by atoms with Crippen LogP contribution in [0.15, 0.2) is 24.3 Å². The Bertz CT molecular complexity index is 532. The second kappa shape index (κ2) is 4.88. The summed E-state index contributed by atoms with van der Waals surface area (Å²) in [5.41, 5.74) is 1.34. The van der Waals surface area contributed by atoms with Crippen molar-refractivity contribution in [3.05, 3.63) is 35.4 Å². The summed E-state index contributed by atoms with van der Waals surface area (Å²) in [6.45, 7) is 2.58. The predicted octanol–water partition coefficient (Wildman–Crippen LogP) is 2.01. The third-order valence-electron chi connectivity index (χ3n) is 2.88. The highest BCUT2D eigenvalue weighted by molar-refractivity contribution is 6.06. The molecule has 0 aromatic heterocycles. The summed E-state index contributed by atoms with van der Waals surface area (Å²) in [7, 11) is 0. The number of benzene rings is 1. The Hall–Kier alpha value is -2.35. The van der Waals surface area contributed by atoms with E-state index in [2.05, 4.69) is 11.4 Å². The number of rotatable bonds is 3. The fourth-order valence-electron chi connectivity index (χ4n) is 2.12. The second-order valence-corrected chi connectivity index (χ2v) is 4.18. The van der Waals surface area contributed by atoms with Gasteiger partial charge in [-0.15, -0.1) is 0 Å². The third-order valence-corrected chi connectivity index (χ3v) is 2.88. The number of nitrogens with one attached hydrogen (secondary N) is 2. The fraction of sp³-hybridized carbons (Fsp3) is 0.308. The monoisotopic (exact) mass is 242 g/mol. The van der Waals surface area contributed by atoms with Gasteiger partial charge in [0.1, 0.15) is 11.9 Å². The highest BCUT2D eigenvalue weighted by Gasteiger charge is 2.36. The van der Waals surface area contributed by atoms with Crippen LogP contribution in [0.4, 0.5) is 4.79 Å². The van der Waals surface area contributed by atoms with Crippen molar-refractivity contribution in [2.75, 3.05) is 6.54 Å². The van der Waals surface area contributed by atoms with Crippen LogP contribution in [0.2, 0.25) is 0 Å². The number of nitrogens with zero attached hydrogens (tertiary/aromatic N) is 2. The third kappa shape index (κ3) is 2.05. The molecule has 5 heteroatoms. The molecular weight excluding hydrogens is 228 g/mol. The number of carbonyl (C=O) groups is 1. The summed E-state index contributed by atoms with van der Waals surface area (Å²) in [4.78, 5) is 13.3. The molecular formula is C13H14N4O. The molecule has 0 spiro atoms. The maximum Gasteiger partial charge on any atom is 0.323 e. The molecule has 92 valence electrons. The van der Waals surface area contributed by atoms with Gasteiger partial charge in [0.25, 0.3) is 0 Å². The number of amidine groups is 1. The number of urea groups is 1. The first-order valence-electron chi connectivity index (χ1n) is 5.83. The van der Waals surface area contributed by atoms with Crippen LogP contribution in [-0.4, -0.2) is 23.3 Å². The van der Waals surface area contributed by atoms with Crippen molar-refractivity contribution in [1.82, 2.24) is 10.2 Å². The molecule has 1 heterocycles. The van der Waals surface area contributed by atoms with Crippen LogP contribution in [0, 0.1) is 16.7 Å². The first-order chi connectivity index (χ1) is 8.67. The molecule has 1 unspecified atom stereocenters.